The zero-order chi connectivity index (χ0) is 21.6. The summed E-state index contributed by atoms with van der Waals surface area (Å²) >= 11 is 0. The number of ether oxygens (including phenoxy) is 2. The summed E-state index contributed by atoms with van der Waals surface area (Å²) in [6.45, 7) is 7.58. The van der Waals surface area contributed by atoms with Crippen LogP contribution in [-0.2, 0) is 16.0 Å². The second-order valence-corrected chi connectivity index (χ2v) is 7.59. The van der Waals surface area contributed by atoms with Gasteiger partial charge in [0.15, 0.2) is 11.5 Å². The third kappa shape index (κ3) is 5.50. The average Bonchev–Trinajstić information content (AvgIpc) is 2.69. The predicted molar refractivity (Wildman–Crippen MR) is 115 cm³/mol. The minimum absolute atomic E-state index is 0.319. The number of aryl methyl sites for hydroxylation is 2. The van der Waals surface area contributed by atoms with Crippen molar-refractivity contribution in [2.24, 2.45) is 5.41 Å². The monoisotopic (exact) mass is 398 g/mol. The van der Waals surface area contributed by atoms with Crippen molar-refractivity contribution >= 4 is 17.5 Å². The van der Waals surface area contributed by atoms with Crippen LogP contribution in [0.25, 0.3) is 0 Å². The van der Waals surface area contributed by atoms with E-state index in [9.17, 15) is 9.59 Å². The van der Waals surface area contributed by atoms with Crippen molar-refractivity contribution in [2.45, 2.75) is 34.1 Å². The highest BCUT2D eigenvalue weighted by Gasteiger charge is 2.36. The third-order valence-electron chi connectivity index (χ3n) is 4.91. The van der Waals surface area contributed by atoms with Crippen molar-refractivity contribution in [3.05, 3.63) is 53.1 Å². The van der Waals surface area contributed by atoms with Crippen molar-refractivity contribution in [2.75, 3.05) is 26.1 Å². The third-order valence-corrected chi connectivity index (χ3v) is 4.91. The van der Waals surface area contributed by atoms with Crippen LogP contribution in [0, 0.1) is 19.3 Å². The summed E-state index contributed by atoms with van der Waals surface area (Å²) < 4.78 is 10.5. The van der Waals surface area contributed by atoms with Gasteiger partial charge in [0.2, 0.25) is 11.8 Å². The first kappa shape index (κ1) is 22.3. The van der Waals surface area contributed by atoms with Gasteiger partial charge in [0.05, 0.1) is 14.2 Å². The van der Waals surface area contributed by atoms with E-state index < -0.39 is 5.41 Å². The molecule has 0 saturated heterocycles. The molecule has 0 atom stereocenters. The summed E-state index contributed by atoms with van der Waals surface area (Å²) in [6, 6.07) is 11.4. The number of hydrogen-bond acceptors (Lipinski definition) is 4. The van der Waals surface area contributed by atoms with E-state index in [4.69, 9.17) is 9.47 Å². The Balaban J connectivity index is 1.95. The van der Waals surface area contributed by atoms with E-state index in [1.807, 2.05) is 50.2 Å². The molecule has 0 unspecified atom stereocenters. The molecule has 2 N–H and O–H groups in total. The van der Waals surface area contributed by atoms with E-state index in [-0.39, 0.29) is 11.8 Å². The van der Waals surface area contributed by atoms with Gasteiger partial charge in [0, 0.05) is 12.2 Å². The van der Waals surface area contributed by atoms with Gasteiger partial charge in [0.25, 0.3) is 0 Å². The summed E-state index contributed by atoms with van der Waals surface area (Å²) in [5.41, 5.74) is 2.59. The number of anilines is 1. The summed E-state index contributed by atoms with van der Waals surface area (Å²) in [4.78, 5) is 25.3. The highest BCUT2D eigenvalue weighted by atomic mass is 16.5. The van der Waals surface area contributed by atoms with Gasteiger partial charge < -0.3 is 20.1 Å². The lowest BCUT2D eigenvalue weighted by molar-refractivity contribution is -0.138. The van der Waals surface area contributed by atoms with Crippen LogP contribution in [-0.4, -0.2) is 32.6 Å². The topological polar surface area (TPSA) is 76.7 Å². The van der Waals surface area contributed by atoms with Crippen LogP contribution in [0.4, 0.5) is 5.69 Å². The number of rotatable bonds is 8. The summed E-state index contributed by atoms with van der Waals surface area (Å²) in [6.07, 6.45) is 0.612. The first-order valence-corrected chi connectivity index (χ1v) is 9.57. The lowest BCUT2D eigenvalue weighted by Crippen LogP contribution is -2.45. The van der Waals surface area contributed by atoms with Gasteiger partial charge in [-0.1, -0.05) is 23.8 Å². The Labute approximate surface area is 172 Å². The number of nitrogens with one attached hydrogen (secondary N) is 2. The van der Waals surface area contributed by atoms with Crippen LogP contribution in [0.15, 0.2) is 36.4 Å². The maximum atomic E-state index is 12.7. The number of amides is 2. The molecule has 156 valence electrons. The highest BCUT2D eigenvalue weighted by Crippen LogP contribution is 2.27. The van der Waals surface area contributed by atoms with Gasteiger partial charge in [0.1, 0.15) is 5.41 Å². The molecule has 0 aliphatic heterocycles. The molecule has 0 aliphatic rings. The first-order chi connectivity index (χ1) is 13.7. The molecular formula is C23H30N2O4. The number of methoxy groups -OCH3 is 2. The Kier molecular flexibility index (Phi) is 7.26. The molecule has 2 aromatic rings. The minimum atomic E-state index is -1.20. The molecule has 0 saturated carbocycles. The zero-order valence-corrected chi connectivity index (χ0v) is 18.0. The second-order valence-electron chi connectivity index (χ2n) is 7.59. The van der Waals surface area contributed by atoms with Crippen molar-refractivity contribution in [3.8, 4) is 11.5 Å². The van der Waals surface area contributed by atoms with Crippen molar-refractivity contribution in [1.82, 2.24) is 5.32 Å². The summed E-state index contributed by atoms with van der Waals surface area (Å²) in [5, 5.41) is 5.72. The van der Waals surface area contributed by atoms with E-state index >= 15 is 0 Å². The Bertz CT molecular complexity index is 890. The molecule has 2 aromatic carbocycles. The van der Waals surface area contributed by atoms with E-state index in [1.54, 1.807) is 28.1 Å². The maximum Gasteiger partial charge on any atom is 0.239 e. The fourth-order valence-corrected chi connectivity index (χ4v) is 2.91. The zero-order valence-electron chi connectivity index (χ0n) is 18.0. The van der Waals surface area contributed by atoms with Gasteiger partial charge in [-0.25, -0.2) is 0 Å². The van der Waals surface area contributed by atoms with E-state index in [2.05, 4.69) is 10.6 Å². The van der Waals surface area contributed by atoms with Crippen LogP contribution in [0.3, 0.4) is 0 Å². The fourth-order valence-electron chi connectivity index (χ4n) is 2.91. The molecule has 0 aromatic heterocycles. The van der Waals surface area contributed by atoms with Crippen molar-refractivity contribution in [3.63, 3.8) is 0 Å². The van der Waals surface area contributed by atoms with Crippen LogP contribution >= 0.6 is 0 Å². The Morgan fingerprint density at radius 1 is 0.931 bits per heavy atom. The Morgan fingerprint density at radius 2 is 1.62 bits per heavy atom. The predicted octanol–water partition coefficient (Wildman–Crippen LogP) is 3.64. The molecule has 6 heteroatoms. The average molecular weight is 399 g/mol. The molecule has 0 bridgehead atoms. The molecule has 0 heterocycles. The highest BCUT2D eigenvalue weighted by molar-refractivity contribution is 6.10. The fraction of sp³-hybridized carbons (Fsp3) is 0.391. The van der Waals surface area contributed by atoms with E-state index in [0.29, 0.717) is 30.2 Å². The number of carbonyl (C=O) groups excluding carboxylic acids is 2. The second kappa shape index (κ2) is 9.45. The molecule has 0 fully saturated rings. The molecular weight excluding hydrogens is 368 g/mol. The number of carbonyl (C=O) groups is 2. The number of benzene rings is 2. The maximum absolute atomic E-state index is 12.7. The quantitative estimate of drug-likeness (QED) is 0.666. The van der Waals surface area contributed by atoms with Crippen LogP contribution in [0.2, 0.25) is 0 Å². The molecule has 0 aliphatic carbocycles. The van der Waals surface area contributed by atoms with Gasteiger partial charge in [-0.05, 0) is 63.4 Å². The van der Waals surface area contributed by atoms with Gasteiger partial charge >= 0.3 is 0 Å². The SMILES string of the molecule is COc1ccc(CCNC(=O)C(C)(C)C(=O)Nc2ccc(C)cc2C)cc1OC. The van der Waals surface area contributed by atoms with Crippen LogP contribution < -0.4 is 20.1 Å². The minimum Gasteiger partial charge on any atom is -0.493 e. The standard InChI is InChI=1S/C23H30N2O4/c1-15-7-9-18(16(2)13-15)25-22(27)23(3,4)21(26)24-12-11-17-8-10-19(28-5)20(14-17)29-6/h7-10,13-14H,11-12H2,1-6H3,(H,24,26)(H,25,27). The van der Waals surface area contributed by atoms with Gasteiger partial charge in [-0.3, -0.25) is 9.59 Å². The van der Waals surface area contributed by atoms with Crippen molar-refractivity contribution in [1.29, 1.82) is 0 Å². The molecule has 0 spiro atoms. The van der Waals surface area contributed by atoms with E-state index in [1.165, 1.54) is 0 Å². The lowest BCUT2D eigenvalue weighted by atomic mass is 9.90. The smallest absolute Gasteiger partial charge is 0.239 e. The molecule has 29 heavy (non-hydrogen) atoms. The number of hydrogen-bond donors (Lipinski definition) is 2. The molecule has 6 nitrogen and oxygen atoms in total. The van der Waals surface area contributed by atoms with Crippen LogP contribution in [0.5, 0.6) is 11.5 Å². The molecule has 2 rings (SSSR count). The van der Waals surface area contributed by atoms with Crippen molar-refractivity contribution < 1.29 is 19.1 Å². The summed E-state index contributed by atoms with van der Waals surface area (Å²) in [7, 11) is 3.17. The van der Waals surface area contributed by atoms with Gasteiger partial charge in [-0.2, -0.15) is 0 Å². The summed E-state index contributed by atoms with van der Waals surface area (Å²) in [5.74, 6) is 0.641. The first-order valence-electron chi connectivity index (χ1n) is 9.57. The Hall–Kier alpha value is -3.02. The molecule has 0 radical (unpaired) electrons. The van der Waals surface area contributed by atoms with Crippen LogP contribution in [0.1, 0.15) is 30.5 Å². The van der Waals surface area contributed by atoms with E-state index in [0.717, 1.165) is 16.7 Å². The largest absolute Gasteiger partial charge is 0.493 e. The molecule has 2 amide bonds. The lowest BCUT2D eigenvalue weighted by Gasteiger charge is -2.23. The normalized spacial score (nSPS) is 11.0. The Morgan fingerprint density at radius 3 is 2.24 bits per heavy atom. The van der Waals surface area contributed by atoms with Gasteiger partial charge in [-0.15, -0.1) is 0 Å².